The van der Waals surface area contributed by atoms with Crippen LogP contribution < -0.4 is 5.32 Å². The molecule has 11 nitrogen and oxygen atoms in total. The Kier molecular flexibility index (Phi) is 12.9. The molecule has 0 aliphatic rings. The van der Waals surface area contributed by atoms with Crippen LogP contribution in [-0.2, 0) is 25.5 Å². The summed E-state index contributed by atoms with van der Waals surface area (Å²) in [6.07, 6.45) is -1.64. The highest BCUT2D eigenvalue weighted by molar-refractivity contribution is 5.97. The Labute approximate surface area is 239 Å². The first-order valence-corrected chi connectivity index (χ1v) is 12.9. The van der Waals surface area contributed by atoms with Crippen LogP contribution in [0.15, 0.2) is 40.8 Å². The van der Waals surface area contributed by atoms with Crippen molar-refractivity contribution in [3.63, 3.8) is 0 Å². The van der Waals surface area contributed by atoms with Gasteiger partial charge in [-0.1, -0.05) is 5.92 Å². The van der Waals surface area contributed by atoms with Crippen LogP contribution in [0, 0.1) is 23.7 Å². The number of aliphatic hydroxyl groups excluding tert-OH is 2. The quantitative estimate of drug-likeness (QED) is 0.211. The monoisotopic (exact) mass is 568 g/mol. The van der Waals surface area contributed by atoms with E-state index in [1.165, 1.54) is 31.1 Å². The van der Waals surface area contributed by atoms with Crippen molar-refractivity contribution in [3.8, 4) is 23.7 Å². The van der Waals surface area contributed by atoms with Gasteiger partial charge in [-0.2, -0.15) is 0 Å². The molecule has 0 radical (unpaired) electrons. The molecular formula is C30H36N2O9. The number of aliphatic hydroxyl groups is 2. The fraction of sp³-hybridized carbons (Fsp3) is 0.433. The van der Waals surface area contributed by atoms with Gasteiger partial charge in [0.15, 0.2) is 11.8 Å². The zero-order valence-electron chi connectivity index (χ0n) is 23.9. The number of benzene rings is 1. The van der Waals surface area contributed by atoms with Gasteiger partial charge in [-0.15, -0.1) is 0 Å². The molecular weight excluding hydrogens is 532 g/mol. The smallest absolute Gasteiger partial charge is 0.410 e. The van der Waals surface area contributed by atoms with Crippen molar-refractivity contribution in [2.45, 2.75) is 52.0 Å². The molecule has 0 saturated carbocycles. The number of nitrogens with one attached hydrogen (secondary N) is 1. The summed E-state index contributed by atoms with van der Waals surface area (Å²) in [6, 6.07) is 8.51. The van der Waals surface area contributed by atoms with Crippen LogP contribution in [0.1, 0.15) is 55.1 Å². The summed E-state index contributed by atoms with van der Waals surface area (Å²) in [5.41, 5.74) is 0.214. The second-order valence-corrected chi connectivity index (χ2v) is 9.80. The van der Waals surface area contributed by atoms with Crippen molar-refractivity contribution in [2.24, 2.45) is 0 Å². The van der Waals surface area contributed by atoms with Crippen molar-refractivity contribution in [1.29, 1.82) is 0 Å². The molecule has 41 heavy (non-hydrogen) atoms. The molecule has 2 amide bonds. The summed E-state index contributed by atoms with van der Waals surface area (Å²) in [5.74, 6) is 10.6. The second kappa shape index (κ2) is 16.1. The van der Waals surface area contributed by atoms with E-state index in [0.717, 1.165) is 0 Å². The number of carbonyl (C=O) groups excluding carboxylic acids is 3. The lowest BCUT2D eigenvalue weighted by molar-refractivity contribution is -0.145. The lowest BCUT2D eigenvalue weighted by atomic mass is 10.1. The lowest BCUT2D eigenvalue weighted by Crippen LogP contribution is -2.48. The first-order chi connectivity index (χ1) is 19.4. The number of hydrogen-bond acceptors (Lipinski definition) is 9. The number of hydrogen-bond donors (Lipinski definition) is 3. The van der Waals surface area contributed by atoms with Gasteiger partial charge in [0.05, 0.1) is 39.6 Å². The SMILES string of the molecule is COC(=O)[C@H](NC(=O)c1ccc(C#CC#Cc2ccc(CN(CCOCCO)C(=O)OC(C)(C)C)o2)cc1)[C@@H](C)O. The van der Waals surface area contributed by atoms with Crippen molar-refractivity contribution in [1.82, 2.24) is 10.2 Å². The summed E-state index contributed by atoms with van der Waals surface area (Å²) < 4.78 is 21.1. The van der Waals surface area contributed by atoms with E-state index in [2.05, 4.69) is 33.7 Å². The van der Waals surface area contributed by atoms with E-state index in [1.54, 1.807) is 45.0 Å². The van der Waals surface area contributed by atoms with E-state index in [-0.39, 0.29) is 38.5 Å². The summed E-state index contributed by atoms with van der Waals surface area (Å²) in [6.45, 7) is 7.38. The van der Waals surface area contributed by atoms with Gasteiger partial charge in [0.1, 0.15) is 11.4 Å². The number of carbonyl (C=O) groups is 3. The van der Waals surface area contributed by atoms with Gasteiger partial charge in [0, 0.05) is 17.7 Å². The van der Waals surface area contributed by atoms with Crippen LogP contribution in [0.3, 0.4) is 0 Å². The average molecular weight is 569 g/mol. The molecule has 220 valence electrons. The van der Waals surface area contributed by atoms with Crippen LogP contribution in [0.4, 0.5) is 4.79 Å². The summed E-state index contributed by atoms with van der Waals surface area (Å²) >= 11 is 0. The maximum Gasteiger partial charge on any atom is 0.410 e. The lowest BCUT2D eigenvalue weighted by Gasteiger charge is -2.26. The molecule has 2 aromatic rings. The third-order valence-corrected chi connectivity index (χ3v) is 5.23. The molecule has 0 bridgehead atoms. The highest BCUT2D eigenvalue weighted by Gasteiger charge is 2.27. The predicted octanol–water partition coefficient (Wildman–Crippen LogP) is 2.08. The summed E-state index contributed by atoms with van der Waals surface area (Å²) in [7, 11) is 1.17. The maximum absolute atomic E-state index is 12.6. The Morgan fingerprint density at radius 3 is 2.34 bits per heavy atom. The van der Waals surface area contributed by atoms with E-state index < -0.39 is 35.7 Å². The molecule has 2 rings (SSSR count). The molecule has 11 heteroatoms. The van der Waals surface area contributed by atoms with Crippen LogP contribution >= 0.6 is 0 Å². The van der Waals surface area contributed by atoms with Crippen LogP contribution in [0.2, 0.25) is 0 Å². The van der Waals surface area contributed by atoms with Crippen LogP contribution in [0.5, 0.6) is 0 Å². The van der Waals surface area contributed by atoms with Crippen molar-refractivity contribution in [2.75, 3.05) is 33.5 Å². The fourth-order valence-corrected chi connectivity index (χ4v) is 3.25. The minimum atomic E-state index is -1.18. The van der Waals surface area contributed by atoms with Gasteiger partial charge < -0.3 is 34.2 Å². The first-order valence-electron chi connectivity index (χ1n) is 12.9. The molecule has 0 fully saturated rings. The van der Waals surface area contributed by atoms with E-state index >= 15 is 0 Å². The zero-order valence-corrected chi connectivity index (χ0v) is 23.9. The Balaban J connectivity index is 2.01. The number of nitrogens with zero attached hydrogens (tertiary/aromatic N) is 1. The number of furan rings is 1. The van der Waals surface area contributed by atoms with E-state index in [1.807, 2.05) is 0 Å². The Morgan fingerprint density at radius 2 is 1.73 bits per heavy atom. The van der Waals surface area contributed by atoms with Crippen LogP contribution in [-0.4, -0.2) is 84.3 Å². The molecule has 1 aromatic carbocycles. The highest BCUT2D eigenvalue weighted by Crippen LogP contribution is 2.14. The van der Waals surface area contributed by atoms with E-state index in [0.29, 0.717) is 17.1 Å². The standard InChI is InChI=1S/C30H36N2O9/c1-21(34)26(28(36)38-5)31-27(35)23-12-10-22(11-13-23)8-6-7-9-24-14-15-25(40-24)20-32(16-18-39-19-17-33)29(37)41-30(2,3)4/h10-15,21,26,33-34H,16-20H2,1-5H3,(H,31,35)/t21-,26-/m1/s1. The van der Waals surface area contributed by atoms with Crippen molar-refractivity contribution in [3.05, 3.63) is 59.0 Å². The molecule has 1 aromatic heterocycles. The Bertz CT molecular complexity index is 1290. The molecule has 0 spiro atoms. The number of rotatable bonds is 11. The topological polar surface area (TPSA) is 148 Å². The minimum absolute atomic E-state index is 0.109. The van der Waals surface area contributed by atoms with E-state index in [4.69, 9.17) is 19.0 Å². The fourth-order valence-electron chi connectivity index (χ4n) is 3.25. The van der Waals surface area contributed by atoms with Gasteiger partial charge in [-0.05, 0) is 81.9 Å². The zero-order chi connectivity index (χ0) is 30.4. The van der Waals surface area contributed by atoms with Gasteiger partial charge >= 0.3 is 12.1 Å². The molecule has 2 atom stereocenters. The molecule has 0 aliphatic carbocycles. The second-order valence-electron chi connectivity index (χ2n) is 9.80. The predicted molar refractivity (Wildman–Crippen MR) is 148 cm³/mol. The molecule has 1 heterocycles. The Hall–Kier alpha value is -4.29. The normalized spacial score (nSPS) is 12.1. The van der Waals surface area contributed by atoms with Crippen LogP contribution in [0.25, 0.3) is 0 Å². The number of methoxy groups -OCH3 is 1. The third-order valence-electron chi connectivity index (χ3n) is 5.23. The Morgan fingerprint density at radius 1 is 1.05 bits per heavy atom. The van der Waals surface area contributed by atoms with Crippen molar-refractivity contribution < 1.29 is 43.2 Å². The minimum Gasteiger partial charge on any atom is -0.467 e. The average Bonchev–Trinajstić information content (AvgIpc) is 3.37. The number of ether oxygens (including phenoxy) is 3. The van der Waals surface area contributed by atoms with Crippen molar-refractivity contribution >= 4 is 18.0 Å². The number of amides is 2. The molecule has 0 aliphatic heterocycles. The van der Waals surface area contributed by atoms with Gasteiger partial charge in [0.25, 0.3) is 5.91 Å². The largest absolute Gasteiger partial charge is 0.467 e. The van der Waals surface area contributed by atoms with Gasteiger partial charge in [0.2, 0.25) is 0 Å². The van der Waals surface area contributed by atoms with E-state index in [9.17, 15) is 19.5 Å². The number of esters is 1. The first kappa shape index (κ1) is 32.9. The molecule has 3 N–H and O–H groups in total. The summed E-state index contributed by atoms with van der Waals surface area (Å²) in [5, 5.41) is 21.0. The highest BCUT2D eigenvalue weighted by atomic mass is 16.6. The molecule has 0 saturated heterocycles. The molecule has 0 unspecified atom stereocenters. The van der Waals surface area contributed by atoms with Gasteiger partial charge in [-0.3, -0.25) is 9.69 Å². The van der Waals surface area contributed by atoms with Gasteiger partial charge in [-0.25, -0.2) is 9.59 Å². The third kappa shape index (κ3) is 11.8. The summed E-state index contributed by atoms with van der Waals surface area (Å²) in [4.78, 5) is 38.2. The maximum atomic E-state index is 12.6.